The molecule has 0 radical (unpaired) electrons. The van der Waals surface area contributed by atoms with Gasteiger partial charge in [0.05, 0.1) is 23.4 Å². The number of nitrogens with one attached hydrogen (secondary N) is 2. The fourth-order valence-electron chi connectivity index (χ4n) is 7.71. The first-order valence-electron chi connectivity index (χ1n) is 16.8. The molecule has 11 nitrogen and oxygen atoms in total. The molecular formula is C36H40N6O5. The van der Waals surface area contributed by atoms with Crippen LogP contribution < -0.4 is 10.6 Å². The zero-order chi connectivity index (χ0) is 32.5. The van der Waals surface area contributed by atoms with Gasteiger partial charge in [0, 0.05) is 49.9 Å². The molecule has 3 aromatic rings. The third-order valence-electron chi connectivity index (χ3n) is 10.4. The molecule has 2 saturated heterocycles. The van der Waals surface area contributed by atoms with Crippen molar-refractivity contribution in [3.8, 4) is 0 Å². The minimum atomic E-state index is -1.01. The molecule has 1 saturated carbocycles. The van der Waals surface area contributed by atoms with Crippen LogP contribution in [0.25, 0.3) is 0 Å². The molecule has 5 amide bonds. The van der Waals surface area contributed by atoms with Gasteiger partial charge in [-0.3, -0.25) is 38.9 Å². The summed E-state index contributed by atoms with van der Waals surface area (Å²) in [4.78, 5) is 66.7. The molecule has 2 aromatic carbocycles. The van der Waals surface area contributed by atoms with Gasteiger partial charge in [-0.2, -0.15) is 5.10 Å². The van der Waals surface area contributed by atoms with Gasteiger partial charge < -0.3 is 10.2 Å². The number of anilines is 1. The van der Waals surface area contributed by atoms with E-state index in [1.165, 1.54) is 5.56 Å². The molecule has 244 valence electrons. The van der Waals surface area contributed by atoms with E-state index < -0.39 is 29.7 Å². The largest absolute Gasteiger partial charge is 0.380 e. The number of piperidine rings is 2. The quantitative estimate of drug-likeness (QED) is 0.350. The summed E-state index contributed by atoms with van der Waals surface area (Å²) in [6, 6.07) is 15.0. The number of likely N-dealkylation sites (tertiary alicyclic amines) is 1. The van der Waals surface area contributed by atoms with Crippen molar-refractivity contribution in [2.45, 2.75) is 82.3 Å². The molecule has 2 N–H and O–H groups in total. The van der Waals surface area contributed by atoms with Crippen molar-refractivity contribution in [1.82, 2.24) is 24.9 Å². The average molecular weight is 637 g/mol. The highest BCUT2D eigenvalue weighted by Gasteiger charge is 2.45. The Bertz CT molecular complexity index is 1690. The lowest BCUT2D eigenvalue weighted by molar-refractivity contribution is -0.136. The summed E-state index contributed by atoms with van der Waals surface area (Å²) >= 11 is 0. The zero-order valence-corrected chi connectivity index (χ0v) is 26.4. The Morgan fingerprint density at radius 2 is 1.64 bits per heavy atom. The van der Waals surface area contributed by atoms with Gasteiger partial charge in [-0.05, 0) is 74.5 Å². The number of carbonyl (C=O) groups is 5. The van der Waals surface area contributed by atoms with Gasteiger partial charge in [0.2, 0.25) is 17.7 Å². The predicted molar refractivity (Wildman–Crippen MR) is 173 cm³/mol. The lowest BCUT2D eigenvalue weighted by Gasteiger charge is -2.34. The van der Waals surface area contributed by atoms with Crippen molar-refractivity contribution in [3.63, 3.8) is 0 Å². The maximum atomic E-state index is 13.4. The second-order valence-electron chi connectivity index (χ2n) is 13.3. The minimum absolute atomic E-state index is 0.0740. The van der Waals surface area contributed by atoms with E-state index in [1.807, 2.05) is 15.8 Å². The summed E-state index contributed by atoms with van der Waals surface area (Å²) in [6.45, 7) is 1.85. The first-order chi connectivity index (χ1) is 22.9. The van der Waals surface area contributed by atoms with Crippen LogP contribution in [0.3, 0.4) is 0 Å². The van der Waals surface area contributed by atoms with Crippen molar-refractivity contribution >= 4 is 35.2 Å². The van der Waals surface area contributed by atoms with Crippen molar-refractivity contribution in [2.75, 3.05) is 18.4 Å². The van der Waals surface area contributed by atoms with E-state index in [0.717, 1.165) is 62.1 Å². The first kappa shape index (κ1) is 30.8. The maximum absolute atomic E-state index is 13.4. The van der Waals surface area contributed by atoms with Crippen molar-refractivity contribution in [2.24, 2.45) is 5.92 Å². The average Bonchev–Trinajstić information content (AvgIpc) is 3.67. The van der Waals surface area contributed by atoms with Crippen LogP contribution >= 0.6 is 0 Å². The van der Waals surface area contributed by atoms with Gasteiger partial charge >= 0.3 is 0 Å². The molecule has 47 heavy (non-hydrogen) atoms. The molecule has 4 heterocycles. The third-order valence-corrected chi connectivity index (χ3v) is 10.4. The monoisotopic (exact) mass is 636 g/mol. The van der Waals surface area contributed by atoms with E-state index in [0.29, 0.717) is 30.5 Å². The molecule has 1 unspecified atom stereocenters. The summed E-state index contributed by atoms with van der Waals surface area (Å²) in [7, 11) is 0. The smallest absolute Gasteiger partial charge is 0.264 e. The van der Waals surface area contributed by atoms with E-state index in [4.69, 9.17) is 0 Å². The number of carbonyl (C=O) groups excluding carboxylic acids is 5. The van der Waals surface area contributed by atoms with Crippen molar-refractivity contribution in [3.05, 3.63) is 83.2 Å². The van der Waals surface area contributed by atoms with Gasteiger partial charge in [-0.15, -0.1) is 0 Å². The fraction of sp³-hybridized carbons (Fsp3) is 0.444. The van der Waals surface area contributed by atoms with Crippen LogP contribution in [0, 0.1) is 5.92 Å². The predicted octanol–water partition coefficient (Wildman–Crippen LogP) is 4.42. The number of imide groups is 2. The Morgan fingerprint density at radius 3 is 2.38 bits per heavy atom. The number of hydrogen-bond acceptors (Lipinski definition) is 7. The highest BCUT2D eigenvalue weighted by Crippen LogP contribution is 2.38. The summed E-state index contributed by atoms with van der Waals surface area (Å²) in [5.74, 6) is -0.747. The highest BCUT2D eigenvalue weighted by molar-refractivity contribution is 6.25. The lowest BCUT2D eigenvalue weighted by Crippen LogP contribution is -2.54. The number of amides is 5. The Hall–Kier alpha value is -4.80. The van der Waals surface area contributed by atoms with E-state index in [-0.39, 0.29) is 35.9 Å². The second-order valence-corrected chi connectivity index (χ2v) is 13.3. The topological polar surface area (TPSA) is 134 Å². The summed E-state index contributed by atoms with van der Waals surface area (Å²) in [5, 5.41) is 10.1. The maximum Gasteiger partial charge on any atom is 0.264 e. The van der Waals surface area contributed by atoms with E-state index >= 15 is 0 Å². The molecule has 1 atom stereocenters. The normalized spacial score (nSPS) is 23.5. The fourth-order valence-corrected chi connectivity index (χ4v) is 7.71. The SMILES string of the molecule is O=C1CCC(N2C(=O)c3cccc(NCc4cnn(C5CCN(C(=O)CC6CCC(c7ccccc7)CC6)CC5)c4)c3C2=O)C(=O)N1. The first-order valence-corrected chi connectivity index (χ1v) is 16.8. The van der Waals surface area contributed by atoms with Crippen molar-refractivity contribution < 1.29 is 24.0 Å². The van der Waals surface area contributed by atoms with Crippen LogP contribution in [-0.4, -0.2) is 68.2 Å². The Kier molecular flexibility index (Phi) is 8.62. The molecule has 3 aliphatic heterocycles. The van der Waals surface area contributed by atoms with Crippen LogP contribution in [0.5, 0.6) is 0 Å². The van der Waals surface area contributed by atoms with Crippen LogP contribution in [0.1, 0.15) is 102 Å². The Labute approximate surface area is 273 Å². The van der Waals surface area contributed by atoms with Crippen LogP contribution in [0.2, 0.25) is 0 Å². The second kappa shape index (κ2) is 13.1. The Balaban J connectivity index is 0.899. The van der Waals surface area contributed by atoms with Gasteiger partial charge in [0.25, 0.3) is 11.8 Å². The van der Waals surface area contributed by atoms with E-state index in [1.54, 1.807) is 24.4 Å². The van der Waals surface area contributed by atoms with Crippen LogP contribution in [-0.2, 0) is 20.9 Å². The molecular weight excluding hydrogens is 596 g/mol. The number of benzene rings is 2. The van der Waals surface area contributed by atoms with Gasteiger partial charge in [-0.1, -0.05) is 36.4 Å². The summed E-state index contributed by atoms with van der Waals surface area (Å²) in [5.41, 5.74) is 3.32. The van der Waals surface area contributed by atoms with Crippen LogP contribution in [0.4, 0.5) is 5.69 Å². The number of hydrogen-bond donors (Lipinski definition) is 2. The number of nitrogens with zero attached hydrogens (tertiary/aromatic N) is 4. The number of rotatable bonds is 8. The molecule has 4 aliphatic rings. The summed E-state index contributed by atoms with van der Waals surface area (Å²) < 4.78 is 1.97. The molecule has 0 bridgehead atoms. The van der Waals surface area contributed by atoms with Gasteiger partial charge in [0.15, 0.2) is 0 Å². The zero-order valence-electron chi connectivity index (χ0n) is 26.4. The summed E-state index contributed by atoms with van der Waals surface area (Å²) in [6.07, 6.45) is 10.8. The van der Waals surface area contributed by atoms with Crippen molar-refractivity contribution in [1.29, 1.82) is 0 Å². The third kappa shape index (κ3) is 6.31. The molecule has 7 rings (SSSR count). The molecule has 11 heteroatoms. The van der Waals surface area contributed by atoms with Gasteiger partial charge in [-0.25, -0.2) is 0 Å². The number of fused-ring (bicyclic) bond motifs is 1. The molecule has 3 fully saturated rings. The highest BCUT2D eigenvalue weighted by atomic mass is 16.2. The lowest BCUT2D eigenvalue weighted by atomic mass is 9.77. The standard InChI is InChI=1S/C36H40N6O5/c43-31-14-13-30(34(45)39-31)42-35(46)28-7-4-8-29(33(28)36(42)47)37-20-24-21-38-41(22-24)27-15-17-40(18-16-27)32(44)19-23-9-11-26(12-10-23)25-5-2-1-3-6-25/h1-8,21-23,26-27,30,37H,9-20H2,(H,39,43,45). The van der Waals surface area contributed by atoms with E-state index in [9.17, 15) is 24.0 Å². The molecule has 0 spiro atoms. The minimum Gasteiger partial charge on any atom is -0.380 e. The molecule has 1 aromatic heterocycles. The van der Waals surface area contributed by atoms with E-state index in [2.05, 4.69) is 46.1 Å². The van der Waals surface area contributed by atoms with Gasteiger partial charge in [0.1, 0.15) is 6.04 Å². The van der Waals surface area contributed by atoms with Crippen LogP contribution in [0.15, 0.2) is 60.9 Å². The Morgan fingerprint density at radius 1 is 0.872 bits per heavy atom. The molecule has 1 aliphatic carbocycles. The number of aromatic nitrogens is 2.